The number of phenolic OH excluding ortho intramolecular Hbond substituents is 1. The predicted octanol–water partition coefficient (Wildman–Crippen LogP) is 2.55. The van der Waals surface area contributed by atoms with E-state index in [2.05, 4.69) is 5.32 Å². The van der Waals surface area contributed by atoms with Crippen molar-refractivity contribution in [3.63, 3.8) is 0 Å². The van der Waals surface area contributed by atoms with Gasteiger partial charge in [0.15, 0.2) is 0 Å². The lowest BCUT2D eigenvalue weighted by Gasteiger charge is -2.36. The number of piperidine rings is 1. The van der Waals surface area contributed by atoms with E-state index in [-0.39, 0.29) is 23.6 Å². The Balaban J connectivity index is 1.57. The number of nitrogens with zero attached hydrogens (tertiary/aromatic N) is 1. The molecule has 0 saturated carbocycles. The van der Waals surface area contributed by atoms with Gasteiger partial charge in [0.05, 0.1) is 10.0 Å². The third-order valence-electron chi connectivity index (χ3n) is 5.16. The molecule has 4 N–H and O–H groups in total. The minimum absolute atomic E-state index is 0.0767. The summed E-state index contributed by atoms with van der Waals surface area (Å²) in [6, 6.07) is 2.77. The number of rotatable bonds is 4. The van der Waals surface area contributed by atoms with Crippen molar-refractivity contribution in [2.45, 2.75) is 25.3 Å². The summed E-state index contributed by atoms with van der Waals surface area (Å²) in [4.78, 5) is 14.2. The Kier molecular flexibility index (Phi) is 5.55. The monoisotopic (exact) mass is 371 g/mol. The van der Waals surface area contributed by atoms with E-state index in [0.29, 0.717) is 27.9 Å². The number of aromatic hydroxyl groups is 1. The van der Waals surface area contributed by atoms with Gasteiger partial charge in [-0.1, -0.05) is 23.2 Å². The number of amides is 1. The Morgan fingerprint density at radius 2 is 1.92 bits per heavy atom. The van der Waals surface area contributed by atoms with Crippen LogP contribution in [-0.2, 0) is 4.79 Å². The van der Waals surface area contributed by atoms with Crippen molar-refractivity contribution in [1.82, 2.24) is 10.2 Å². The molecule has 0 aromatic heterocycles. The highest BCUT2D eigenvalue weighted by Gasteiger charge is 2.30. The topological polar surface area (TPSA) is 78.6 Å². The maximum absolute atomic E-state index is 12.3. The first kappa shape index (κ1) is 17.8. The summed E-state index contributed by atoms with van der Waals surface area (Å²) in [5.74, 6) is 1.02. The van der Waals surface area contributed by atoms with E-state index in [1.807, 2.05) is 4.90 Å². The van der Waals surface area contributed by atoms with E-state index in [1.165, 1.54) is 6.07 Å². The molecule has 0 aliphatic carbocycles. The molecule has 0 unspecified atom stereocenters. The zero-order chi connectivity index (χ0) is 17.3. The molecule has 0 spiro atoms. The van der Waals surface area contributed by atoms with Crippen LogP contribution in [-0.4, -0.2) is 42.1 Å². The van der Waals surface area contributed by atoms with Crippen LogP contribution >= 0.6 is 23.2 Å². The van der Waals surface area contributed by atoms with Gasteiger partial charge in [0.1, 0.15) is 5.75 Å². The van der Waals surface area contributed by atoms with E-state index in [4.69, 9.17) is 28.9 Å². The van der Waals surface area contributed by atoms with Crippen LogP contribution in [0.1, 0.15) is 30.9 Å². The van der Waals surface area contributed by atoms with Gasteiger partial charge in [-0.3, -0.25) is 4.79 Å². The fraction of sp³-hybridized carbons (Fsp3) is 0.588. The average molecular weight is 372 g/mol. The smallest absolute Gasteiger partial charge is 0.222 e. The average Bonchev–Trinajstić information content (AvgIpc) is 2.53. The molecule has 2 heterocycles. The van der Waals surface area contributed by atoms with Crippen LogP contribution in [0.25, 0.3) is 0 Å². The Morgan fingerprint density at radius 1 is 1.29 bits per heavy atom. The lowest BCUT2D eigenvalue weighted by Crippen LogP contribution is -2.47. The normalized spacial score (nSPS) is 20.7. The van der Waals surface area contributed by atoms with Gasteiger partial charge in [-0.15, -0.1) is 0 Å². The second-order valence-electron chi connectivity index (χ2n) is 6.80. The number of likely N-dealkylation sites (tertiary alicyclic amines) is 1. The zero-order valence-corrected chi connectivity index (χ0v) is 15.0. The summed E-state index contributed by atoms with van der Waals surface area (Å²) in [7, 11) is 0. The van der Waals surface area contributed by atoms with Crippen LogP contribution in [0.2, 0.25) is 10.0 Å². The van der Waals surface area contributed by atoms with E-state index in [0.717, 1.165) is 39.0 Å². The minimum Gasteiger partial charge on any atom is -0.508 e. The minimum atomic E-state index is -0.312. The molecule has 2 aliphatic rings. The van der Waals surface area contributed by atoms with Crippen LogP contribution in [0.5, 0.6) is 5.75 Å². The van der Waals surface area contributed by atoms with Gasteiger partial charge in [0, 0.05) is 37.2 Å². The number of carbonyl (C=O) groups is 1. The molecule has 1 atom stereocenters. The van der Waals surface area contributed by atoms with E-state index in [9.17, 15) is 9.90 Å². The predicted molar refractivity (Wildman–Crippen MR) is 95.3 cm³/mol. The molecule has 1 aromatic rings. The van der Waals surface area contributed by atoms with Crippen molar-refractivity contribution in [2.24, 2.45) is 17.6 Å². The van der Waals surface area contributed by atoms with Crippen molar-refractivity contribution in [3.05, 3.63) is 27.7 Å². The summed E-state index contributed by atoms with van der Waals surface area (Å²) < 4.78 is 0. The molecular weight excluding hydrogens is 349 g/mol. The molecule has 7 heteroatoms. The van der Waals surface area contributed by atoms with Crippen molar-refractivity contribution in [2.75, 3.05) is 26.2 Å². The zero-order valence-electron chi connectivity index (χ0n) is 13.5. The molecule has 132 valence electrons. The standard InChI is InChI=1S/C17H23Cl2N3O2/c18-13-6-12(15(23)7-14(13)19)17(20)11-1-3-22(4-2-11)16(24)5-10-8-21-9-10/h6-7,10-11,17,21,23H,1-5,8-9,20H2/t17-/m1/s1. The van der Waals surface area contributed by atoms with Gasteiger partial charge in [0.25, 0.3) is 0 Å². The van der Waals surface area contributed by atoms with Crippen LogP contribution in [0.3, 0.4) is 0 Å². The lowest BCUT2D eigenvalue weighted by atomic mass is 9.85. The third kappa shape index (κ3) is 3.80. The van der Waals surface area contributed by atoms with Crippen molar-refractivity contribution < 1.29 is 9.90 Å². The van der Waals surface area contributed by atoms with Gasteiger partial charge < -0.3 is 21.1 Å². The number of nitrogens with one attached hydrogen (secondary N) is 1. The quantitative estimate of drug-likeness (QED) is 0.759. The SMILES string of the molecule is N[C@@H](c1cc(Cl)c(Cl)cc1O)C1CCN(C(=O)CC2CNC2)CC1. The number of benzene rings is 1. The largest absolute Gasteiger partial charge is 0.508 e. The highest BCUT2D eigenvalue weighted by molar-refractivity contribution is 6.42. The molecule has 5 nitrogen and oxygen atoms in total. The van der Waals surface area contributed by atoms with Gasteiger partial charge in [-0.25, -0.2) is 0 Å². The Hall–Kier alpha value is -1.01. The Morgan fingerprint density at radius 3 is 2.50 bits per heavy atom. The van der Waals surface area contributed by atoms with Crippen molar-refractivity contribution in [1.29, 1.82) is 0 Å². The van der Waals surface area contributed by atoms with Crippen molar-refractivity contribution in [3.8, 4) is 5.75 Å². The molecule has 3 rings (SSSR count). The second kappa shape index (κ2) is 7.48. The highest BCUT2D eigenvalue weighted by atomic mass is 35.5. The Labute approximate surface area is 152 Å². The van der Waals surface area contributed by atoms with Crippen LogP contribution in [0.4, 0.5) is 0 Å². The molecular formula is C17H23Cl2N3O2. The Bertz CT molecular complexity index is 614. The summed E-state index contributed by atoms with van der Waals surface area (Å²) in [6.07, 6.45) is 2.29. The maximum Gasteiger partial charge on any atom is 0.222 e. The van der Waals surface area contributed by atoms with Gasteiger partial charge in [0.2, 0.25) is 5.91 Å². The third-order valence-corrected chi connectivity index (χ3v) is 5.88. The molecule has 0 radical (unpaired) electrons. The first-order chi connectivity index (χ1) is 11.5. The first-order valence-corrected chi connectivity index (χ1v) is 9.13. The molecule has 24 heavy (non-hydrogen) atoms. The number of halogens is 2. The fourth-order valence-electron chi connectivity index (χ4n) is 3.45. The van der Waals surface area contributed by atoms with Crippen LogP contribution in [0.15, 0.2) is 12.1 Å². The molecule has 1 amide bonds. The number of nitrogens with two attached hydrogens (primary N) is 1. The maximum atomic E-state index is 12.3. The second-order valence-corrected chi connectivity index (χ2v) is 7.61. The lowest BCUT2D eigenvalue weighted by molar-refractivity contribution is -0.134. The number of hydrogen-bond donors (Lipinski definition) is 3. The summed E-state index contributed by atoms with van der Waals surface area (Å²) in [5.41, 5.74) is 6.97. The van der Waals surface area contributed by atoms with Crippen LogP contribution in [0, 0.1) is 11.8 Å². The molecule has 2 aliphatic heterocycles. The molecule has 0 bridgehead atoms. The van der Waals surface area contributed by atoms with Gasteiger partial charge in [-0.2, -0.15) is 0 Å². The van der Waals surface area contributed by atoms with E-state index < -0.39 is 0 Å². The van der Waals surface area contributed by atoms with E-state index >= 15 is 0 Å². The van der Waals surface area contributed by atoms with Gasteiger partial charge in [-0.05, 0) is 43.8 Å². The summed E-state index contributed by atoms with van der Waals surface area (Å²) in [5, 5.41) is 14.0. The fourth-order valence-corrected chi connectivity index (χ4v) is 3.78. The van der Waals surface area contributed by atoms with E-state index in [1.54, 1.807) is 6.07 Å². The number of hydrogen-bond acceptors (Lipinski definition) is 4. The van der Waals surface area contributed by atoms with Gasteiger partial charge >= 0.3 is 0 Å². The highest BCUT2D eigenvalue weighted by Crippen LogP contribution is 2.37. The number of phenols is 1. The molecule has 1 aromatic carbocycles. The van der Waals surface area contributed by atoms with Crippen molar-refractivity contribution >= 4 is 29.1 Å². The first-order valence-electron chi connectivity index (χ1n) is 8.37. The molecule has 2 fully saturated rings. The summed E-state index contributed by atoms with van der Waals surface area (Å²) >= 11 is 12.0. The molecule has 2 saturated heterocycles. The number of carbonyl (C=O) groups excluding carboxylic acids is 1. The van der Waals surface area contributed by atoms with Crippen LogP contribution < -0.4 is 11.1 Å². The summed E-state index contributed by atoms with van der Waals surface area (Å²) in [6.45, 7) is 3.34.